The van der Waals surface area contributed by atoms with Crippen LogP contribution in [0.15, 0.2) is 30.3 Å². The lowest BCUT2D eigenvalue weighted by Gasteiger charge is -2.09. The summed E-state index contributed by atoms with van der Waals surface area (Å²) in [5, 5.41) is 21.2. The average Bonchev–Trinajstić information content (AvgIpc) is 2.72. The first kappa shape index (κ1) is 13.7. The largest absolute Gasteiger partial charge is 0.478 e. The fraction of sp³-hybridized carbons (Fsp3) is 0.200. The van der Waals surface area contributed by atoms with Gasteiger partial charge in [-0.1, -0.05) is 12.1 Å². The molecule has 1 aromatic heterocycles. The first-order valence-electron chi connectivity index (χ1n) is 6.16. The van der Waals surface area contributed by atoms with Crippen LogP contribution in [-0.2, 0) is 13.6 Å². The van der Waals surface area contributed by atoms with Crippen molar-refractivity contribution in [3.63, 3.8) is 0 Å². The second-order valence-electron chi connectivity index (χ2n) is 4.52. The quantitative estimate of drug-likeness (QED) is 0.894. The predicted molar refractivity (Wildman–Crippen MR) is 75.6 cm³/mol. The number of anilines is 1. The van der Waals surface area contributed by atoms with Crippen molar-refractivity contribution in [1.29, 1.82) is 5.26 Å². The predicted octanol–water partition coefficient (Wildman–Crippen LogP) is 2.52. The second-order valence-corrected chi connectivity index (χ2v) is 4.52. The topological polar surface area (TPSA) is 78.1 Å². The Labute approximate surface area is 117 Å². The molecule has 1 heterocycles. The van der Waals surface area contributed by atoms with Crippen LogP contribution in [0.25, 0.3) is 0 Å². The normalized spacial score (nSPS) is 10.1. The van der Waals surface area contributed by atoms with Gasteiger partial charge in [0.15, 0.2) is 0 Å². The minimum absolute atomic E-state index is 0.238. The molecule has 0 unspecified atom stereocenters. The van der Waals surface area contributed by atoms with Crippen LogP contribution in [0.3, 0.4) is 0 Å². The van der Waals surface area contributed by atoms with Crippen LogP contribution < -0.4 is 5.32 Å². The molecule has 2 rings (SSSR count). The van der Waals surface area contributed by atoms with E-state index in [0.29, 0.717) is 17.9 Å². The highest BCUT2D eigenvalue weighted by molar-refractivity contribution is 5.94. The van der Waals surface area contributed by atoms with Gasteiger partial charge in [0, 0.05) is 25.0 Å². The fourth-order valence-electron chi connectivity index (χ4n) is 2.06. The minimum atomic E-state index is -0.962. The van der Waals surface area contributed by atoms with E-state index < -0.39 is 5.97 Å². The van der Waals surface area contributed by atoms with Crippen molar-refractivity contribution < 1.29 is 9.90 Å². The van der Waals surface area contributed by atoms with Gasteiger partial charge in [0.1, 0.15) is 11.8 Å². The molecule has 0 spiro atoms. The highest BCUT2D eigenvalue weighted by Crippen LogP contribution is 2.19. The van der Waals surface area contributed by atoms with Crippen LogP contribution in [0.2, 0.25) is 0 Å². The van der Waals surface area contributed by atoms with Gasteiger partial charge < -0.3 is 15.0 Å². The Hall–Kier alpha value is -2.74. The maximum Gasteiger partial charge on any atom is 0.337 e. The summed E-state index contributed by atoms with van der Waals surface area (Å²) in [4.78, 5) is 11.1. The van der Waals surface area contributed by atoms with Crippen molar-refractivity contribution in [2.45, 2.75) is 13.5 Å². The van der Waals surface area contributed by atoms with Crippen molar-refractivity contribution in [2.75, 3.05) is 5.32 Å². The zero-order chi connectivity index (χ0) is 14.7. The molecule has 0 aliphatic carbocycles. The molecule has 1 aromatic carbocycles. The fourth-order valence-corrected chi connectivity index (χ4v) is 2.06. The van der Waals surface area contributed by atoms with Crippen LogP contribution >= 0.6 is 0 Å². The number of benzene rings is 1. The Bertz CT molecular complexity index is 696. The Balaban J connectivity index is 2.22. The molecule has 0 saturated heterocycles. The monoisotopic (exact) mass is 269 g/mol. The Morgan fingerprint density at radius 1 is 1.45 bits per heavy atom. The number of hydrogen-bond acceptors (Lipinski definition) is 3. The lowest BCUT2D eigenvalue weighted by atomic mass is 10.1. The summed E-state index contributed by atoms with van der Waals surface area (Å²) >= 11 is 0. The molecule has 0 fully saturated rings. The summed E-state index contributed by atoms with van der Waals surface area (Å²) in [5.74, 6) is -0.962. The minimum Gasteiger partial charge on any atom is -0.478 e. The van der Waals surface area contributed by atoms with E-state index >= 15 is 0 Å². The van der Waals surface area contributed by atoms with Crippen LogP contribution in [-0.4, -0.2) is 15.6 Å². The van der Waals surface area contributed by atoms with Gasteiger partial charge in [-0.25, -0.2) is 4.79 Å². The van der Waals surface area contributed by atoms with Gasteiger partial charge in [0.2, 0.25) is 0 Å². The number of nitriles is 1. The van der Waals surface area contributed by atoms with E-state index in [1.807, 2.05) is 24.6 Å². The molecule has 2 aromatic rings. The Morgan fingerprint density at radius 3 is 2.75 bits per heavy atom. The highest BCUT2D eigenvalue weighted by atomic mass is 16.4. The van der Waals surface area contributed by atoms with E-state index in [1.54, 1.807) is 24.3 Å². The van der Waals surface area contributed by atoms with Gasteiger partial charge in [-0.2, -0.15) is 5.26 Å². The molecular formula is C15H15N3O2. The van der Waals surface area contributed by atoms with E-state index in [9.17, 15) is 4.79 Å². The highest BCUT2D eigenvalue weighted by Gasteiger charge is 2.11. The van der Waals surface area contributed by atoms with Crippen LogP contribution in [0.1, 0.15) is 27.3 Å². The second kappa shape index (κ2) is 5.49. The number of para-hydroxylation sites is 1. The summed E-state index contributed by atoms with van der Waals surface area (Å²) in [6.07, 6.45) is 0. The number of aromatic carboxylic acids is 1. The molecule has 5 heteroatoms. The molecule has 0 aliphatic heterocycles. The lowest BCUT2D eigenvalue weighted by Crippen LogP contribution is -2.06. The van der Waals surface area contributed by atoms with Crippen molar-refractivity contribution in [2.24, 2.45) is 7.05 Å². The van der Waals surface area contributed by atoms with E-state index in [0.717, 1.165) is 11.3 Å². The van der Waals surface area contributed by atoms with Gasteiger partial charge in [0.05, 0.1) is 5.56 Å². The number of nitrogens with one attached hydrogen (secondary N) is 1. The van der Waals surface area contributed by atoms with Crippen LogP contribution in [0.5, 0.6) is 0 Å². The maximum atomic E-state index is 11.1. The summed E-state index contributed by atoms with van der Waals surface area (Å²) in [7, 11) is 1.84. The zero-order valence-electron chi connectivity index (χ0n) is 11.3. The molecule has 0 atom stereocenters. The first-order chi connectivity index (χ1) is 9.54. The van der Waals surface area contributed by atoms with Gasteiger partial charge in [0.25, 0.3) is 0 Å². The van der Waals surface area contributed by atoms with E-state index in [2.05, 4.69) is 11.4 Å². The molecule has 5 nitrogen and oxygen atoms in total. The molecule has 0 radical (unpaired) electrons. The van der Waals surface area contributed by atoms with Gasteiger partial charge in [-0.15, -0.1) is 0 Å². The molecule has 0 saturated carbocycles. The number of hydrogen-bond donors (Lipinski definition) is 2. The number of carboxylic acid groups (broad SMARTS) is 1. The van der Waals surface area contributed by atoms with Crippen molar-refractivity contribution >= 4 is 11.7 Å². The van der Waals surface area contributed by atoms with Gasteiger partial charge in [-0.05, 0) is 30.7 Å². The van der Waals surface area contributed by atoms with Crippen molar-refractivity contribution in [1.82, 2.24) is 4.57 Å². The average molecular weight is 269 g/mol. The Kier molecular flexibility index (Phi) is 3.76. The molecule has 0 bridgehead atoms. The van der Waals surface area contributed by atoms with Crippen LogP contribution in [0.4, 0.5) is 5.69 Å². The molecule has 0 aliphatic rings. The standard InChI is InChI=1S/C15H15N3O2/c1-10-11(7-12(8-16)18(10)2)9-17-14-6-4-3-5-13(14)15(19)20/h3-7,17H,9H2,1-2H3,(H,19,20). The van der Waals surface area contributed by atoms with E-state index in [4.69, 9.17) is 10.4 Å². The summed E-state index contributed by atoms with van der Waals surface area (Å²) in [6.45, 7) is 2.41. The third-order valence-electron chi connectivity index (χ3n) is 3.38. The lowest BCUT2D eigenvalue weighted by molar-refractivity contribution is 0.0698. The van der Waals surface area contributed by atoms with Crippen molar-refractivity contribution in [3.05, 3.63) is 52.8 Å². The SMILES string of the molecule is Cc1c(CNc2ccccc2C(=O)O)cc(C#N)n1C. The Morgan fingerprint density at radius 2 is 2.15 bits per heavy atom. The number of aromatic nitrogens is 1. The van der Waals surface area contributed by atoms with Gasteiger partial charge in [-0.3, -0.25) is 0 Å². The molecule has 20 heavy (non-hydrogen) atoms. The molecule has 2 N–H and O–H groups in total. The summed E-state index contributed by atoms with van der Waals surface area (Å²) in [6, 6.07) is 10.7. The van der Waals surface area contributed by atoms with Gasteiger partial charge >= 0.3 is 5.97 Å². The number of nitrogens with zero attached hydrogens (tertiary/aromatic N) is 2. The third kappa shape index (κ3) is 2.50. The molecule has 0 amide bonds. The number of carboxylic acids is 1. The summed E-state index contributed by atoms with van der Waals surface area (Å²) < 4.78 is 1.82. The third-order valence-corrected chi connectivity index (χ3v) is 3.38. The first-order valence-corrected chi connectivity index (χ1v) is 6.16. The maximum absolute atomic E-state index is 11.1. The van der Waals surface area contributed by atoms with Crippen LogP contribution in [0, 0.1) is 18.3 Å². The number of carbonyl (C=O) groups is 1. The summed E-state index contributed by atoms with van der Waals surface area (Å²) in [5.41, 5.74) is 3.36. The smallest absolute Gasteiger partial charge is 0.337 e. The number of rotatable bonds is 4. The zero-order valence-corrected chi connectivity index (χ0v) is 11.3. The molecule has 102 valence electrons. The molecular weight excluding hydrogens is 254 g/mol. The van der Waals surface area contributed by atoms with E-state index in [1.165, 1.54) is 0 Å². The van der Waals surface area contributed by atoms with E-state index in [-0.39, 0.29) is 5.56 Å². The van der Waals surface area contributed by atoms with Crippen molar-refractivity contribution in [3.8, 4) is 6.07 Å².